The van der Waals surface area contributed by atoms with E-state index in [9.17, 15) is 10.1 Å². The summed E-state index contributed by atoms with van der Waals surface area (Å²) < 4.78 is 0.976. The van der Waals surface area contributed by atoms with E-state index < -0.39 is 4.92 Å². The average molecular weight is 347 g/mol. The normalized spacial score (nSPS) is 10.7. The molecule has 6 nitrogen and oxygen atoms in total. The number of benzene rings is 2. The molecule has 0 saturated heterocycles. The number of nitrogens with zero attached hydrogens (tertiary/aromatic N) is 2. The van der Waals surface area contributed by atoms with Gasteiger partial charge in [0.2, 0.25) is 5.95 Å². The van der Waals surface area contributed by atoms with Crippen molar-refractivity contribution in [2.24, 2.45) is 0 Å². The van der Waals surface area contributed by atoms with E-state index in [1.54, 1.807) is 12.1 Å². The summed E-state index contributed by atoms with van der Waals surface area (Å²) in [5.41, 5.74) is 2.69. The van der Waals surface area contributed by atoms with Crippen molar-refractivity contribution < 1.29 is 4.92 Å². The van der Waals surface area contributed by atoms with Crippen molar-refractivity contribution in [3.05, 3.63) is 62.6 Å². The second kappa shape index (κ2) is 5.53. The first-order valence-corrected chi connectivity index (χ1v) is 7.03. The molecule has 2 N–H and O–H groups in total. The van der Waals surface area contributed by atoms with Crippen molar-refractivity contribution in [1.82, 2.24) is 9.97 Å². The van der Waals surface area contributed by atoms with Gasteiger partial charge in [-0.15, -0.1) is 0 Å². The molecule has 0 atom stereocenters. The number of rotatable bonds is 4. The van der Waals surface area contributed by atoms with Crippen LogP contribution in [0, 0.1) is 10.1 Å². The van der Waals surface area contributed by atoms with E-state index in [0.29, 0.717) is 12.5 Å². The monoisotopic (exact) mass is 346 g/mol. The molecular formula is C14H11BrN4O2. The van der Waals surface area contributed by atoms with Crippen molar-refractivity contribution in [3.8, 4) is 0 Å². The SMILES string of the molecule is O=[N+]([O-])c1cccc(CNc2nc3ccc(Br)cc3[nH]2)c1. The molecule has 0 aliphatic heterocycles. The molecule has 0 aliphatic carbocycles. The zero-order valence-electron chi connectivity index (χ0n) is 10.8. The molecule has 7 heteroatoms. The van der Waals surface area contributed by atoms with E-state index in [-0.39, 0.29) is 5.69 Å². The number of fused-ring (bicyclic) bond motifs is 1. The fourth-order valence-electron chi connectivity index (χ4n) is 2.03. The van der Waals surface area contributed by atoms with Crippen molar-refractivity contribution in [3.63, 3.8) is 0 Å². The third-order valence-electron chi connectivity index (χ3n) is 3.03. The summed E-state index contributed by atoms with van der Waals surface area (Å²) in [6.45, 7) is 0.461. The number of hydrogen-bond acceptors (Lipinski definition) is 4. The van der Waals surface area contributed by atoms with Gasteiger partial charge in [0.25, 0.3) is 5.69 Å². The fraction of sp³-hybridized carbons (Fsp3) is 0.0714. The Hall–Kier alpha value is -2.41. The van der Waals surface area contributed by atoms with Crippen molar-refractivity contribution in [2.45, 2.75) is 6.54 Å². The summed E-state index contributed by atoms with van der Waals surface area (Å²) >= 11 is 3.41. The Balaban J connectivity index is 1.77. The average Bonchev–Trinajstić information content (AvgIpc) is 2.87. The summed E-state index contributed by atoms with van der Waals surface area (Å²) in [6, 6.07) is 12.3. The highest BCUT2D eigenvalue weighted by molar-refractivity contribution is 9.10. The quantitative estimate of drug-likeness (QED) is 0.555. The first-order valence-electron chi connectivity index (χ1n) is 6.24. The number of hydrogen-bond donors (Lipinski definition) is 2. The molecule has 0 spiro atoms. The fourth-order valence-corrected chi connectivity index (χ4v) is 2.39. The number of nitrogens with one attached hydrogen (secondary N) is 2. The Bertz CT molecular complexity index is 816. The highest BCUT2D eigenvalue weighted by atomic mass is 79.9. The molecule has 3 aromatic rings. The largest absolute Gasteiger partial charge is 0.352 e. The van der Waals surface area contributed by atoms with Crippen LogP contribution in [-0.4, -0.2) is 14.9 Å². The highest BCUT2D eigenvalue weighted by Gasteiger charge is 2.07. The Kier molecular flexibility index (Phi) is 3.57. The van der Waals surface area contributed by atoms with Gasteiger partial charge < -0.3 is 10.3 Å². The molecule has 0 unspecified atom stereocenters. The number of anilines is 1. The van der Waals surface area contributed by atoms with Gasteiger partial charge in [0.05, 0.1) is 16.0 Å². The van der Waals surface area contributed by atoms with Crippen LogP contribution < -0.4 is 5.32 Å². The van der Waals surface area contributed by atoms with Crippen LogP contribution in [0.3, 0.4) is 0 Å². The van der Waals surface area contributed by atoms with Gasteiger partial charge in [-0.2, -0.15) is 0 Å². The van der Waals surface area contributed by atoms with Gasteiger partial charge in [-0.25, -0.2) is 4.98 Å². The Labute approximate surface area is 128 Å². The number of nitro groups is 1. The molecule has 3 rings (SSSR count). The number of imidazole rings is 1. The lowest BCUT2D eigenvalue weighted by Crippen LogP contribution is -2.01. The number of aromatic amines is 1. The van der Waals surface area contributed by atoms with Crippen LogP contribution in [0.25, 0.3) is 11.0 Å². The number of non-ortho nitro benzene ring substituents is 1. The zero-order valence-corrected chi connectivity index (χ0v) is 12.4. The predicted molar refractivity (Wildman–Crippen MR) is 84.2 cm³/mol. The maximum atomic E-state index is 10.7. The van der Waals surface area contributed by atoms with E-state index in [1.165, 1.54) is 6.07 Å². The van der Waals surface area contributed by atoms with Gasteiger partial charge in [-0.05, 0) is 23.8 Å². The first kappa shape index (κ1) is 13.6. The number of H-pyrrole nitrogens is 1. The van der Waals surface area contributed by atoms with Crippen LogP contribution >= 0.6 is 15.9 Å². The van der Waals surface area contributed by atoms with Gasteiger partial charge in [-0.1, -0.05) is 28.1 Å². The third kappa shape index (κ3) is 3.03. The number of halogens is 1. The summed E-state index contributed by atoms with van der Waals surface area (Å²) in [7, 11) is 0. The molecule has 1 aromatic heterocycles. The molecule has 0 fully saturated rings. The van der Waals surface area contributed by atoms with Gasteiger partial charge in [-0.3, -0.25) is 10.1 Å². The van der Waals surface area contributed by atoms with Crippen LogP contribution in [0.2, 0.25) is 0 Å². The molecular weight excluding hydrogens is 336 g/mol. The Morgan fingerprint density at radius 3 is 2.95 bits per heavy atom. The number of aromatic nitrogens is 2. The van der Waals surface area contributed by atoms with Crippen LogP contribution in [0.5, 0.6) is 0 Å². The molecule has 0 aliphatic rings. The minimum Gasteiger partial charge on any atom is -0.352 e. The summed E-state index contributed by atoms with van der Waals surface area (Å²) in [6.07, 6.45) is 0. The molecule has 106 valence electrons. The highest BCUT2D eigenvalue weighted by Crippen LogP contribution is 2.20. The third-order valence-corrected chi connectivity index (χ3v) is 3.52. The molecule has 21 heavy (non-hydrogen) atoms. The molecule has 0 saturated carbocycles. The first-order chi connectivity index (χ1) is 10.1. The molecule has 0 amide bonds. The summed E-state index contributed by atoms with van der Waals surface area (Å²) in [5.74, 6) is 0.634. The van der Waals surface area contributed by atoms with Crippen LogP contribution in [-0.2, 0) is 6.54 Å². The minimum absolute atomic E-state index is 0.0860. The van der Waals surface area contributed by atoms with Crippen molar-refractivity contribution >= 4 is 38.6 Å². The molecule has 1 heterocycles. The van der Waals surface area contributed by atoms with E-state index in [4.69, 9.17) is 0 Å². The summed E-state index contributed by atoms with van der Waals surface area (Å²) in [5, 5.41) is 13.9. The minimum atomic E-state index is -0.401. The van der Waals surface area contributed by atoms with E-state index in [2.05, 4.69) is 31.2 Å². The maximum absolute atomic E-state index is 10.7. The van der Waals surface area contributed by atoms with Gasteiger partial charge in [0, 0.05) is 23.2 Å². The maximum Gasteiger partial charge on any atom is 0.269 e. The molecule has 0 radical (unpaired) electrons. The molecule has 2 aromatic carbocycles. The predicted octanol–water partition coefficient (Wildman–Crippen LogP) is 3.85. The van der Waals surface area contributed by atoms with Crippen molar-refractivity contribution in [1.29, 1.82) is 0 Å². The zero-order chi connectivity index (χ0) is 14.8. The van der Waals surface area contributed by atoms with E-state index in [1.807, 2.05) is 24.3 Å². The second-order valence-corrected chi connectivity index (χ2v) is 5.44. The van der Waals surface area contributed by atoms with Gasteiger partial charge >= 0.3 is 0 Å². The lowest BCUT2D eigenvalue weighted by atomic mass is 10.2. The van der Waals surface area contributed by atoms with E-state index >= 15 is 0 Å². The lowest BCUT2D eigenvalue weighted by Gasteiger charge is -2.02. The van der Waals surface area contributed by atoms with Crippen LogP contribution in [0.1, 0.15) is 5.56 Å². The van der Waals surface area contributed by atoms with Crippen LogP contribution in [0.15, 0.2) is 46.9 Å². The van der Waals surface area contributed by atoms with Crippen molar-refractivity contribution in [2.75, 3.05) is 5.32 Å². The van der Waals surface area contributed by atoms with E-state index in [0.717, 1.165) is 21.1 Å². The molecule has 0 bridgehead atoms. The number of nitro benzene ring substituents is 1. The van der Waals surface area contributed by atoms with Gasteiger partial charge in [0.1, 0.15) is 0 Å². The lowest BCUT2D eigenvalue weighted by molar-refractivity contribution is -0.384. The van der Waals surface area contributed by atoms with Gasteiger partial charge in [0.15, 0.2) is 0 Å². The Morgan fingerprint density at radius 1 is 1.29 bits per heavy atom. The topological polar surface area (TPSA) is 83.8 Å². The summed E-state index contributed by atoms with van der Waals surface area (Å²) in [4.78, 5) is 17.9. The second-order valence-electron chi connectivity index (χ2n) is 4.53. The smallest absolute Gasteiger partial charge is 0.269 e. The Morgan fingerprint density at radius 2 is 2.14 bits per heavy atom. The standard InChI is InChI=1S/C14H11BrN4O2/c15-10-4-5-12-13(7-10)18-14(17-12)16-8-9-2-1-3-11(6-9)19(20)21/h1-7H,8H2,(H2,16,17,18). The van der Waals surface area contributed by atoms with Crippen LogP contribution in [0.4, 0.5) is 11.6 Å².